The van der Waals surface area contributed by atoms with Gasteiger partial charge < -0.3 is 15.2 Å². The molecular formula is C12H14F3NO2. The molecule has 0 saturated heterocycles. The summed E-state index contributed by atoms with van der Waals surface area (Å²) in [6, 6.07) is 2.42. The maximum absolute atomic E-state index is 13.6. The van der Waals surface area contributed by atoms with Gasteiger partial charge in [-0.05, 0) is 12.1 Å². The second-order valence-corrected chi connectivity index (χ2v) is 4.33. The van der Waals surface area contributed by atoms with E-state index in [1.54, 1.807) is 0 Å². The summed E-state index contributed by atoms with van der Waals surface area (Å²) in [5, 5.41) is 0. The van der Waals surface area contributed by atoms with E-state index in [1.807, 2.05) is 0 Å². The summed E-state index contributed by atoms with van der Waals surface area (Å²) in [4.78, 5) is 0. The van der Waals surface area contributed by atoms with Crippen molar-refractivity contribution in [1.82, 2.24) is 0 Å². The van der Waals surface area contributed by atoms with Crippen LogP contribution in [-0.2, 0) is 5.41 Å². The highest BCUT2D eigenvalue weighted by Gasteiger charge is 2.73. The largest absolute Gasteiger partial charge is 0.496 e. The van der Waals surface area contributed by atoms with Gasteiger partial charge in [0.05, 0.1) is 25.2 Å². The molecule has 1 aliphatic carbocycles. The van der Waals surface area contributed by atoms with Gasteiger partial charge in [-0.3, -0.25) is 0 Å². The molecule has 2 rings (SSSR count). The SMILES string of the molecule is COc1ccc(F)c(OC)c1C1(CN)CC1(F)F. The van der Waals surface area contributed by atoms with Crippen LogP contribution in [0.4, 0.5) is 13.2 Å². The first-order valence-corrected chi connectivity index (χ1v) is 5.42. The highest BCUT2D eigenvalue weighted by Crippen LogP contribution is 2.64. The van der Waals surface area contributed by atoms with Crippen molar-refractivity contribution in [2.24, 2.45) is 5.73 Å². The molecule has 1 fully saturated rings. The van der Waals surface area contributed by atoms with Crippen molar-refractivity contribution in [1.29, 1.82) is 0 Å². The summed E-state index contributed by atoms with van der Waals surface area (Å²) in [6.07, 6.45) is -0.424. The van der Waals surface area contributed by atoms with Crippen LogP contribution in [0.15, 0.2) is 12.1 Å². The first-order chi connectivity index (χ1) is 8.43. The molecule has 1 aromatic rings. The molecule has 0 radical (unpaired) electrons. The fraction of sp³-hybridized carbons (Fsp3) is 0.500. The minimum atomic E-state index is -2.96. The zero-order valence-corrected chi connectivity index (χ0v) is 10.1. The highest BCUT2D eigenvalue weighted by molar-refractivity contribution is 5.56. The predicted molar refractivity (Wildman–Crippen MR) is 59.8 cm³/mol. The van der Waals surface area contributed by atoms with Gasteiger partial charge in [0.25, 0.3) is 5.92 Å². The Bertz CT molecular complexity index is 479. The van der Waals surface area contributed by atoms with Crippen molar-refractivity contribution in [2.75, 3.05) is 20.8 Å². The normalized spacial score (nSPS) is 24.8. The topological polar surface area (TPSA) is 44.5 Å². The van der Waals surface area contributed by atoms with Crippen LogP contribution in [-0.4, -0.2) is 26.7 Å². The van der Waals surface area contributed by atoms with Gasteiger partial charge in [-0.1, -0.05) is 0 Å². The first kappa shape index (κ1) is 13.0. The summed E-state index contributed by atoms with van der Waals surface area (Å²) >= 11 is 0. The molecule has 0 aromatic heterocycles. The number of hydrogen-bond acceptors (Lipinski definition) is 3. The third kappa shape index (κ3) is 1.55. The van der Waals surface area contributed by atoms with Crippen LogP contribution < -0.4 is 15.2 Å². The molecule has 100 valence electrons. The van der Waals surface area contributed by atoms with E-state index in [2.05, 4.69) is 0 Å². The molecule has 18 heavy (non-hydrogen) atoms. The number of hydrogen-bond donors (Lipinski definition) is 1. The summed E-state index contributed by atoms with van der Waals surface area (Å²) < 4.78 is 50.7. The van der Waals surface area contributed by atoms with Gasteiger partial charge in [-0.15, -0.1) is 0 Å². The van der Waals surface area contributed by atoms with E-state index in [0.717, 1.165) is 6.07 Å². The summed E-state index contributed by atoms with van der Waals surface area (Å²) in [5.74, 6) is -3.73. The Hall–Kier alpha value is -1.43. The van der Waals surface area contributed by atoms with Crippen molar-refractivity contribution in [2.45, 2.75) is 17.8 Å². The Labute approximate surface area is 103 Å². The zero-order chi connectivity index (χ0) is 13.6. The Morgan fingerprint density at radius 2 is 1.89 bits per heavy atom. The number of nitrogens with two attached hydrogens (primary N) is 1. The lowest BCUT2D eigenvalue weighted by Crippen LogP contribution is -2.28. The van der Waals surface area contributed by atoms with Gasteiger partial charge in [-0.2, -0.15) is 0 Å². The lowest BCUT2D eigenvalue weighted by Gasteiger charge is -2.21. The van der Waals surface area contributed by atoms with E-state index >= 15 is 0 Å². The van der Waals surface area contributed by atoms with Gasteiger partial charge in [0.15, 0.2) is 11.6 Å². The standard InChI is InChI=1S/C12H14F3NO2/c1-17-8-4-3-7(13)10(18-2)9(8)11(6-16)5-12(11,14)15/h3-4H,5-6,16H2,1-2H3. The Kier molecular flexibility index (Phi) is 2.93. The Morgan fingerprint density at radius 1 is 1.28 bits per heavy atom. The van der Waals surface area contributed by atoms with E-state index in [9.17, 15) is 13.2 Å². The molecular weight excluding hydrogens is 247 g/mol. The molecule has 6 heteroatoms. The van der Waals surface area contributed by atoms with Crippen molar-refractivity contribution in [3.05, 3.63) is 23.5 Å². The molecule has 0 heterocycles. The van der Waals surface area contributed by atoms with E-state index < -0.39 is 23.6 Å². The molecule has 2 N–H and O–H groups in total. The summed E-state index contributed by atoms with van der Waals surface area (Å²) in [5.41, 5.74) is 3.88. The molecule has 1 atom stereocenters. The predicted octanol–water partition coefficient (Wildman–Crippen LogP) is 2.08. The van der Waals surface area contributed by atoms with Crippen molar-refractivity contribution >= 4 is 0 Å². The monoisotopic (exact) mass is 261 g/mol. The fourth-order valence-corrected chi connectivity index (χ4v) is 2.29. The minimum Gasteiger partial charge on any atom is -0.496 e. The van der Waals surface area contributed by atoms with E-state index in [1.165, 1.54) is 20.3 Å². The van der Waals surface area contributed by atoms with Crippen LogP contribution in [0.5, 0.6) is 11.5 Å². The zero-order valence-electron chi connectivity index (χ0n) is 10.1. The molecule has 0 spiro atoms. The van der Waals surface area contributed by atoms with Crippen molar-refractivity contribution in [3.8, 4) is 11.5 Å². The maximum atomic E-state index is 13.6. The van der Waals surface area contributed by atoms with Crippen molar-refractivity contribution in [3.63, 3.8) is 0 Å². The van der Waals surface area contributed by atoms with E-state index in [4.69, 9.17) is 15.2 Å². The Morgan fingerprint density at radius 3 is 2.28 bits per heavy atom. The van der Waals surface area contributed by atoms with Crippen LogP contribution in [0.25, 0.3) is 0 Å². The number of rotatable bonds is 4. The quantitative estimate of drug-likeness (QED) is 0.902. The number of methoxy groups -OCH3 is 2. The van der Waals surface area contributed by atoms with E-state index in [0.29, 0.717) is 0 Å². The molecule has 1 aliphatic rings. The van der Waals surface area contributed by atoms with Crippen LogP contribution in [0, 0.1) is 5.82 Å². The lowest BCUT2D eigenvalue weighted by atomic mass is 9.93. The highest BCUT2D eigenvalue weighted by atomic mass is 19.3. The molecule has 1 unspecified atom stereocenters. The van der Waals surface area contributed by atoms with Crippen LogP contribution >= 0.6 is 0 Å². The second kappa shape index (κ2) is 4.05. The molecule has 1 saturated carbocycles. The molecule has 0 bridgehead atoms. The third-order valence-electron chi connectivity index (χ3n) is 3.42. The van der Waals surface area contributed by atoms with Gasteiger partial charge in [0.2, 0.25) is 0 Å². The number of alkyl halides is 2. The molecule has 1 aromatic carbocycles. The first-order valence-electron chi connectivity index (χ1n) is 5.42. The average Bonchev–Trinajstić information content (AvgIpc) is 2.92. The molecule has 0 amide bonds. The molecule has 0 aliphatic heterocycles. The Balaban J connectivity index is 2.66. The smallest absolute Gasteiger partial charge is 0.260 e. The minimum absolute atomic E-state index is 0.0139. The van der Waals surface area contributed by atoms with E-state index in [-0.39, 0.29) is 23.6 Å². The number of halogens is 3. The van der Waals surface area contributed by atoms with Crippen LogP contribution in [0.3, 0.4) is 0 Å². The van der Waals surface area contributed by atoms with Gasteiger partial charge in [0, 0.05) is 13.0 Å². The van der Waals surface area contributed by atoms with Crippen LogP contribution in [0.2, 0.25) is 0 Å². The molecule has 3 nitrogen and oxygen atoms in total. The summed E-state index contributed by atoms with van der Waals surface area (Å²) in [6.45, 7) is -0.295. The number of ether oxygens (including phenoxy) is 2. The van der Waals surface area contributed by atoms with Crippen LogP contribution in [0.1, 0.15) is 12.0 Å². The van der Waals surface area contributed by atoms with Gasteiger partial charge >= 0.3 is 0 Å². The summed E-state index contributed by atoms with van der Waals surface area (Å²) in [7, 11) is 2.56. The number of benzene rings is 1. The third-order valence-corrected chi connectivity index (χ3v) is 3.42. The average molecular weight is 261 g/mol. The van der Waals surface area contributed by atoms with Gasteiger partial charge in [-0.25, -0.2) is 13.2 Å². The fourth-order valence-electron chi connectivity index (χ4n) is 2.29. The lowest BCUT2D eigenvalue weighted by molar-refractivity contribution is 0.0880. The van der Waals surface area contributed by atoms with Gasteiger partial charge in [0.1, 0.15) is 5.75 Å². The second-order valence-electron chi connectivity index (χ2n) is 4.33. The van der Waals surface area contributed by atoms with Crippen molar-refractivity contribution < 1.29 is 22.6 Å². The maximum Gasteiger partial charge on any atom is 0.260 e.